The molecule has 5 atom stereocenters. The standard InChI is InChI=1S/C16H16ClNO3/c1-7-2-3-9(6-11(7)17)18-15(19)13-8-4-10-12(5-8)21-16(20)14(10)13/h2-3,6,8,10,12-14H,4-5H2,1H3,(H,18,19)/t8-,10+,12-,13-,14-/m0/s1. The van der Waals surface area contributed by atoms with Gasteiger partial charge < -0.3 is 10.1 Å². The van der Waals surface area contributed by atoms with Crippen LogP contribution in [-0.2, 0) is 14.3 Å². The molecule has 3 aliphatic rings. The van der Waals surface area contributed by atoms with Gasteiger partial charge in [0.1, 0.15) is 6.10 Å². The Balaban J connectivity index is 1.55. The highest BCUT2D eigenvalue weighted by molar-refractivity contribution is 6.31. The van der Waals surface area contributed by atoms with Crippen molar-refractivity contribution in [1.82, 2.24) is 0 Å². The summed E-state index contributed by atoms with van der Waals surface area (Å²) in [6.45, 7) is 1.92. The third-order valence-electron chi connectivity index (χ3n) is 5.23. The Bertz CT molecular complexity index is 642. The minimum absolute atomic E-state index is 0.0605. The lowest BCUT2D eigenvalue weighted by molar-refractivity contribution is -0.145. The van der Waals surface area contributed by atoms with E-state index in [1.807, 2.05) is 19.1 Å². The average Bonchev–Trinajstić information content (AvgIpc) is 3.04. The monoisotopic (exact) mass is 305 g/mol. The molecule has 0 aromatic heterocycles. The van der Waals surface area contributed by atoms with Crippen LogP contribution in [0.2, 0.25) is 5.02 Å². The molecule has 0 unspecified atom stereocenters. The second-order valence-electron chi connectivity index (χ2n) is 6.38. The Labute approximate surface area is 127 Å². The van der Waals surface area contributed by atoms with Crippen molar-refractivity contribution in [2.75, 3.05) is 5.32 Å². The Morgan fingerprint density at radius 1 is 1.38 bits per heavy atom. The molecule has 1 amide bonds. The molecule has 4 nitrogen and oxygen atoms in total. The van der Waals surface area contributed by atoms with Gasteiger partial charge >= 0.3 is 5.97 Å². The Hall–Kier alpha value is -1.55. The third kappa shape index (κ3) is 1.89. The van der Waals surface area contributed by atoms with E-state index in [-0.39, 0.29) is 41.7 Å². The lowest BCUT2D eigenvalue weighted by Crippen LogP contribution is -2.35. The number of anilines is 1. The van der Waals surface area contributed by atoms with Crippen molar-refractivity contribution in [3.63, 3.8) is 0 Å². The van der Waals surface area contributed by atoms with Gasteiger partial charge in [0.2, 0.25) is 5.91 Å². The molecule has 110 valence electrons. The van der Waals surface area contributed by atoms with Crippen LogP contribution in [0.1, 0.15) is 18.4 Å². The number of rotatable bonds is 2. The predicted octanol–water partition coefficient (Wildman–Crippen LogP) is 2.78. The molecule has 1 N–H and O–H groups in total. The molecule has 2 bridgehead atoms. The third-order valence-corrected chi connectivity index (χ3v) is 5.63. The zero-order valence-corrected chi connectivity index (χ0v) is 12.4. The smallest absolute Gasteiger partial charge is 0.310 e. The number of halogens is 1. The largest absolute Gasteiger partial charge is 0.462 e. The van der Waals surface area contributed by atoms with Crippen molar-refractivity contribution in [1.29, 1.82) is 0 Å². The number of ether oxygens (including phenoxy) is 1. The maximum Gasteiger partial charge on any atom is 0.310 e. The van der Waals surface area contributed by atoms with Crippen molar-refractivity contribution >= 4 is 29.2 Å². The lowest BCUT2D eigenvalue weighted by Gasteiger charge is -2.23. The van der Waals surface area contributed by atoms with Gasteiger partial charge in [-0.2, -0.15) is 0 Å². The number of esters is 1. The second kappa shape index (κ2) is 4.47. The minimum atomic E-state index is -0.249. The summed E-state index contributed by atoms with van der Waals surface area (Å²) in [4.78, 5) is 24.5. The van der Waals surface area contributed by atoms with Crippen molar-refractivity contribution in [2.24, 2.45) is 23.7 Å². The Morgan fingerprint density at radius 2 is 2.19 bits per heavy atom. The summed E-state index contributed by atoms with van der Waals surface area (Å²) in [5.41, 5.74) is 1.65. The molecule has 1 heterocycles. The normalized spacial score (nSPS) is 35.9. The molecular formula is C16H16ClNO3. The maximum absolute atomic E-state index is 12.6. The van der Waals surface area contributed by atoms with E-state index in [2.05, 4.69) is 5.32 Å². The molecule has 1 aromatic carbocycles. The van der Waals surface area contributed by atoms with Crippen LogP contribution in [0.4, 0.5) is 5.69 Å². The summed E-state index contributed by atoms with van der Waals surface area (Å²) in [6.07, 6.45) is 1.83. The number of amides is 1. The van der Waals surface area contributed by atoms with Crippen molar-refractivity contribution in [3.05, 3.63) is 28.8 Å². The summed E-state index contributed by atoms with van der Waals surface area (Å²) < 4.78 is 5.36. The van der Waals surface area contributed by atoms with Crippen molar-refractivity contribution < 1.29 is 14.3 Å². The lowest BCUT2D eigenvalue weighted by atomic mass is 9.79. The molecule has 21 heavy (non-hydrogen) atoms. The first-order chi connectivity index (χ1) is 10.0. The van der Waals surface area contributed by atoms with Crippen LogP contribution in [0.5, 0.6) is 0 Å². The van der Waals surface area contributed by atoms with Crippen LogP contribution < -0.4 is 5.32 Å². The summed E-state index contributed by atoms with van der Waals surface area (Å²) >= 11 is 6.08. The highest BCUT2D eigenvalue weighted by Gasteiger charge is 2.63. The summed E-state index contributed by atoms with van der Waals surface area (Å²) in [5.74, 6) is -0.231. The van der Waals surface area contributed by atoms with E-state index in [4.69, 9.17) is 16.3 Å². The first kappa shape index (κ1) is 13.1. The molecule has 1 aromatic rings. The van der Waals surface area contributed by atoms with E-state index in [1.54, 1.807) is 6.07 Å². The number of carbonyl (C=O) groups is 2. The topological polar surface area (TPSA) is 55.4 Å². The van der Waals surface area contributed by atoms with Crippen molar-refractivity contribution in [3.8, 4) is 0 Å². The number of benzene rings is 1. The molecule has 2 saturated carbocycles. The van der Waals surface area contributed by atoms with E-state index in [0.717, 1.165) is 18.4 Å². The molecular weight excluding hydrogens is 290 g/mol. The molecule has 0 radical (unpaired) electrons. The van der Waals surface area contributed by atoms with Gasteiger partial charge in [-0.15, -0.1) is 0 Å². The van der Waals surface area contributed by atoms with Gasteiger partial charge in [0, 0.05) is 16.6 Å². The average molecular weight is 306 g/mol. The highest BCUT2D eigenvalue weighted by atomic mass is 35.5. The van der Waals surface area contributed by atoms with Gasteiger partial charge in [-0.1, -0.05) is 17.7 Å². The zero-order chi connectivity index (χ0) is 14.7. The summed E-state index contributed by atoms with van der Waals surface area (Å²) in [5, 5.41) is 3.53. The second-order valence-corrected chi connectivity index (χ2v) is 6.78. The van der Waals surface area contributed by atoms with Crippen LogP contribution in [0.3, 0.4) is 0 Å². The van der Waals surface area contributed by atoms with Crippen molar-refractivity contribution in [2.45, 2.75) is 25.9 Å². The highest BCUT2D eigenvalue weighted by Crippen LogP contribution is 2.57. The SMILES string of the molecule is Cc1ccc(NC(=O)[C@H]2[C@H]3C[C@H]4[C@@H]2C(=O)O[C@H]4C3)cc1Cl. The number of nitrogens with one attached hydrogen (secondary N) is 1. The van der Waals surface area contributed by atoms with Crippen LogP contribution in [-0.4, -0.2) is 18.0 Å². The van der Waals surface area contributed by atoms with Gasteiger partial charge in [0.25, 0.3) is 0 Å². The first-order valence-corrected chi connectivity index (χ1v) is 7.70. The van der Waals surface area contributed by atoms with Gasteiger partial charge in [-0.3, -0.25) is 9.59 Å². The van der Waals surface area contributed by atoms with E-state index >= 15 is 0 Å². The molecule has 2 aliphatic carbocycles. The van der Waals surface area contributed by atoms with Crippen LogP contribution in [0.25, 0.3) is 0 Å². The fourth-order valence-corrected chi connectivity index (χ4v) is 4.44. The number of aryl methyl sites for hydroxylation is 1. The van der Waals surface area contributed by atoms with E-state index in [9.17, 15) is 9.59 Å². The van der Waals surface area contributed by atoms with E-state index in [1.165, 1.54) is 0 Å². The maximum atomic E-state index is 12.6. The Morgan fingerprint density at radius 3 is 2.95 bits per heavy atom. The molecule has 5 heteroatoms. The fraction of sp³-hybridized carbons (Fsp3) is 0.500. The summed E-state index contributed by atoms with van der Waals surface area (Å²) in [6, 6.07) is 5.46. The minimum Gasteiger partial charge on any atom is -0.462 e. The van der Waals surface area contributed by atoms with Gasteiger partial charge in [0.15, 0.2) is 0 Å². The molecule has 1 saturated heterocycles. The first-order valence-electron chi connectivity index (χ1n) is 7.32. The molecule has 4 rings (SSSR count). The summed E-state index contributed by atoms with van der Waals surface area (Å²) in [7, 11) is 0. The number of hydrogen-bond donors (Lipinski definition) is 1. The molecule has 1 aliphatic heterocycles. The predicted molar refractivity (Wildman–Crippen MR) is 77.9 cm³/mol. The van der Waals surface area contributed by atoms with Gasteiger partial charge in [-0.05, 0) is 43.4 Å². The number of hydrogen-bond acceptors (Lipinski definition) is 3. The van der Waals surface area contributed by atoms with Gasteiger partial charge in [0.05, 0.1) is 11.8 Å². The fourth-order valence-electron chi connectivity index (χ4n) is 4.26. The molecule has 0 spiro atoms. The number of fused-ring (bicyclic) bond motifs is 1. The zero-order valence-electron chi connectivity index (χ0n) is 11.6. The van der Waals surface area contributed by atoms with Crippen LogP contribution in [0.15, 0.2) is 18.2 Å². The number of carbonyl (C=O) groups excluding carboxylic acids is 2. The molecule has 3 fully saturated rings. The van der Waals surface area contributed by atoms with Crippen LogP contribution in [0, 0.1) is 30.6 Å². The van der Waals surface area contributed by atoms with E-state index in [0.29, 0.717) is 10.7 Å². The van der Waals surface area contributed by atoms with Gasteiger partial charge in [-0.25, -0.2) is 0 Å². The Kier molecular flexibility index (Phi) is 2.80. The quantitative estimate of drug-likeness (QED) is 0.855. The van der Waals surface area contributed by atoms with Crippen LogP contribution >= 0.6 is 11.6 Å². The van der Waals surface area contributed by atoms with E-state index < -0.39 is 0 Å².